The van der Waals surface area contributed by atoms with Crippen LogP contribution < -0.4 is 10.7 Å². The SMILES string of the molecule is Cc1cc(=O)c(C(=O)Nc2cccc([N+](=O)[O-])c2)c(C)o1. The maximum absolute atomic E-state index is 12.1. The Morgan fingerprint density at radius 2 is 2.00 bits per heavy atom. The molecule has 108 valence electrons. The molecular weight excluding hydrogens is 276 g/mol. The highest BCUT2D eigenvalue weighted by molar-refractivity contribution is 6.04. The first-order valence-electron chi connectivity index (χ1n) is 6.05. The maximum Gasteiger partial charge on any atom is 0.271 e. The van der Waals surface area contributed by atoms with Crippen molar-refractivity contribution in [1.29, 1.82) is 0 Å². The van der Waals surface area contributed by atoms with Crippen LogP contribution in [-0.2, 0) is 0 Å². The molecule has 0 atom stereocenters. The van der Waals surface area contributed by atoms with E-state index in [1.54, 1.807) is 6.92 Å². The summed E-state index contributed by atoms with van der Waals surface area (Å²) in [4.78, 5) is 34.1. The summed E-state index contributed by atoms with van der Waals surface area (Å²) >= 11 is 0. The van der Waals surface area contributed by atoms with Gasteiger partial charge in [-0.05, 0) is 19.9 Å². The van der Waals surface area contributed by atoms with E-state index in [1.165, 1.54) is 37.3 Å². The molecule has 1 amide bonds. The Morgan fingerprint density at radius 1 is 1.29 bits per heavy atom. The number of amides is 1. The van der Waals surface area contributed by atoms with Crippen molar-refractivity contribution in [2.75, 3.05) is 5.32 Å². The highest BCUT2D eigenvalue weighted by Crippen LogP contribution is 2.18. The van der Waals surface area contributed by atoms with Gasteiger partial charge < -0.3 is 9.73 Å². The van der Waals surface area contributed by atoms with E-state index >= 15 is 0 Å². The molecule has 0 bridgehead atoms. The van der Waals surface area contributed by atoms with Gasteiger partial charge in [0.25, 0.3) is 11.6 Å². The van der Waals surface area contributed by atoms with Crippen LogP contribution in [0.2, 0.25) is 0 Å². The van der Waals surface area contributed by atoms with Crippen molar-refractivity contribution >= 4 is 17.3 Å². The van der Waals surface area contributed by atoms with Crippen molar-refractivity contribution in [1.82, 2.24) is 0 Å². The summed E-state index contributed by atoms with van der Waals surface area (Å²) in [6.07, 6.45) is 0. The van der Waals surface area contributed by atoms with Crippen molar-refractivity contribution in [3.8, 4) is 0 Å². The molecule has 0 spiro atoms. The Morgan fingerprint density at radius 3 is 2.62 bits per heavy atom. The predicted octanol–water partition coefficient (Wildman–Crippen LogP) is 2.42. The van der Waals surface area contributed by atoms with E-state index in [0.29, 0.717) is 5.76 Å². The van der Waals surface area contributed by atoms with Crippen molar-refractivity contribution in [2.45, 2.75) is 13.8 Å². The third-order valence-corrected chi connectivity index (χ3v) is 2.79. The number of carbonyl (C=O) groups excluding carboxylic acids is 1. The summed E-state index contributed by atoms with van der Waals surface area (Å²) in [6.45, 7) is 3.12. The Hall–Kier alpha value is -2.96. The zero-order valence-electron chi connectivity index (χ0n) is 11.4. The van der Waals surface area contributed by atoms with Gasteiger partial charge in [-0.2, -0.15) is 0 Å². The topological polar surface area (TPSA) is 102 Å². The highest BCUT2D eigenvalue weighted by Gasteiger charge is 2.17. The molecule has 0 radical (unpaired) electrons. The lowest BCUT2D eigenvalue weighted by Crippen LogP contribution is -2.22. The zero-order valence-corrected chi connectivity index (χ0v) is 11.4. The van der Waals surface area contributed by atoms with Gasteiger partial charge in [0, 0.05) is 23.9 Å². The first-order chi connectivity index (χ1) is 9.88. The lowest BCUT2D eigenvalue weighted by Gasteiger charge is -2.07. The van der Waals surface area contributed by atoms with Crippen LogP contribution in [0, 0.1) is 24.0 Å². The molecule has 0 unspecified atom stereocenters. The van der Waals surface area contributed by atoms with Crippen LogP contribution in [0.5, 0.6) is 0 Å². The van der Waals surface area contributed by atoms with Crippen molar-refractivity contribution in [3.63, 3.8) is 0 Å². The Kier molecular flexibility index (Phi) is 3.84. The van der Waals surface area contributed by atoms with Crippen LogP contribution in [0.4, 0.5) is 11.4 Å². The van der Waals surface area contributed by atoms with Gasteiger partial charge in [-0.3, -0.25) is 19.7 Å². The van der Waals surface area contributed by atoms with Crippen molar-refractivity contribution < 1.29 is 14.1 Å². The smallest absolute Gasteiger partial charge is 0.271 e. The van der Waals surface area contributed by atoms with Crippen LogP contribution in [0.25, 0.3) is 0 Å². The molecule has 21 heavy (non-hydrogen) atoms. The van der Waals surface area contributed by atoms with Gasteiger partial charge in [0.2, 0.25) is 0 Å². The van der Waals surface area contributed by atoms with E-state index in [0.717, 1.165) is 0 Å². The minimum absolute atomic E-state index is 0.118. The number of rotatable bonds is 3. The molecule has 2 rings (SSSR count). The average molecular weight is 288 g/mol. The van der Waals surface area contributed by atoms with E-state index in [1.807, 2.05) is 0 Å². The molecule has 1 heterocycles. The van der Waals surface area contributed by atoms with Gasteiger partial charge in [0.15, 0.2) is 5.43 Å². The Labute approximate surface area is 119 Å². The molecule has 0 saturated carbocycles. The number of benzene rings is 1. The first kappa shape index (κ1) is 14.4. The zero-order chi connectivity index (χ0) is 15.6. The molecule has 7 heteroatoms. The number of hydrogen-bond donors (Lipinski definition) is 1. The van der Waals surface area contributed by atoms with Gasteiger partial charge in [-0.15, -0.1) is 0 Å². The quantitative estimate of drug-likeness (QED) is 0.690. The van der Waals surface area contributed by atoms with Crippen LogP contribution in [0.15, 0.2) is 39.5 Å². The molecule has 0 saturated heterocycles. The monoisotopic (exact) mass is 288 g/mol. The fourth-order valence-corrected chi connectivity index (χ4v) is 1.91. The fraction of sp³-hybridized carbons (Fsp3) is 0.143. The molecule has 1 aromatic carbocycles. The van der Waals surface area contributed by atoms with E-state index in [9.17, 15) is 19.7 Å². The summed E-state index contributed by atoms with van der Waals surface area (Å²) < 4.78 is 5.24. The number of nitrogens with zero attached hydrogens (tertiary/aromatic N) is 1. The van der Waals surface area contributed by atoms with E-state index in [4.69, 9.17) is 4.42 Å². The van der Waals surface area contributed by atoms with Gasteiger partial charge in [-0.25, -0.2) is 0 Å². The summed E-state index contributed by atoms with van der Waals surface area (Å²) in [6, 6.07) is 6.67. The second kappa shape index (κ2) is 5.58. The van der Waals surface area contributed by atoms with Crippen molar-refractivity contribution in [3.05, 3.63) is 67.8 Å². The largest absolute Gasteiger partial charge is 0.466 e. The Bertz CT molecular complexity index is 779. The minimum atomic E-state index is -0.665. The fourth-order valence-electron chi connectivity index (χ4n) is 1.91. The second-order valence-electron chi connectivity index (χ2n) is 4.41. The molecular formula is C14H12N2O5. The first-order valence-corrected chi connectivity index (χ1v) is 6.05. The van der Waals surface area contributed by atoms with E-state index in [-0.39, 0.29) is 22.7 Å². The lowest BCUT2D eigenvalue weighted by molar-refractivity contribution is -0.384. The number of aryl methyl sites for hydroxylation is 2. The van der Waals surface area contributed by atoms with Crippen LogP contribution in [-0.4, -0.2) is 10.8 Å². The third-order valence-electron chi connectivity index (χ3n) is 2.79. The summed E-state index contributed by atoms with van der Waals surface area (Å²) in [5.41, 5.74) is -0.500. The van der Waals surface area contributed by atoms with E-state index in [2.05, 4.69) is 5.32 Å². The number of hydrogen-bond acceptors (Lipinski definition) is 5. The molecule has 7 nitrogen and oxygen atoms in total. The molecule has 1 N–H and O–H groups in total. The molecule has 0 aliphatic heterocycles. The summed E-state index contributed by atoms with van der Waals surface area (Å²) in [7, 11) is 0. The normalized spacial score (nSPS) is 10.2. The highest BCUT2D eigenvalue weighted by atomic mass is 16.6. The molecule has 0 fully saturated rings. The standard InChI is InChI=1S/C14H12N2O5/c1-8-6-12(17)13(9(2)21-8)14(18)15-10-4-3-5-11(7-10)16(19)20/h3-7H,1-2H3,(H,15,18). The number of nitrogens with one attached hydrogen (secondary N) is 1. The third kappa shape index (κ3) is 3.14. The summed E-state index contributed by atoms with van der Waals surface area (Å²) in [5, 5.41) is 13.1. The van der Waals surface area contributed by atoms with Gasteiger partial charge in [0.1, 0.15) is 17.1 Å². The number of nitro benzene ring substituents is 1. The van der Waals surface area contributed by atoms with Crippen molar-refractivity contribution in [2.24, 2.45) is 0 Å². The average Bonchev–Trinajstić information content (AvgIpc) is 2.37. The van der Waals surface area contributed by atoms with E-state index < -0.39 is 16.3 Å². The van der Waals surface area contributed by atoms with Crippen LogP contribution in [0.1, 0.15) is 21.9 Å². The molecule has 0 aliphatic carbocycles. The minimum Gasteiger partial charge on any atom is -0.466 e. The molecule has 0 aliphatic rings. The maximum atomic E-state index is 12.1. The second-order valence-corrected chi connectivity index (χ2v) is 4.41. The van der Waals surface area contributed by atoms with Crippen LogP contribution >= 0.6 is 0 Å². The molecule has 2 aromatic rings. The van der Waals surface area contributed by atoms with Gasteiger partial charge in [0.05, 0.1) is 4.92 Å². The van der Waals surface area contributed by atoms with Crippen LogP contribution in [0.3, 0.4) is 0 Å². The van der Waals surface area contributed by atoms with Gasteiger partial charge in [-0.1, -0.05) is 6.07 Å². The molecule has 1 aromatic heterocycles. The Balaban J connectivity index is 2.33. The number of carbonyl (C=O) groups is 1. The van der Waals surface area contributed by atoms with Gasteiger partial charge >= 0.3 is 0 Å². The summed E-state index contributed by atoms with van der Waals surface area (Å²) in [5.74, 6) is -0.0610. The number of nitro groups is 1. The number of non-ortho nitro benzene ring substituents is 1. The number of anilines is 1. The predicted molar refractivity (Wildman–Crippen MR) is 75.5 cm³/mol. The lowest BCUT2D eigenvalue weighted by atomic mass is 10.2.